The molecule has 15 heavy (non-hydrogen) atoms. The molecule has 4 heteroatoms. The van der Waals surface area contributed by atoms with Gasteiger partial charge >= 0.3 is 0 Å². The Morgan fingerprint density at radius 1 is 1.53 bits per heavy atom. The van der Waals surface area contributed by atoms with E-state index in [9.17, 15) is 5.11 Å². The molecule has 4 nitrogen and oxygen atoms in total. The van der Waals surface area contributed by atoms with E-state index in [1.165, 1.54) is 6.42 Å². The van der Waals surface area contributed by atoms with Crippen molar-refractivity contribution in [1.29, 1.82) is 0 Å². The summed E-state index contributed by atoms with van der Waals surface area (Å²) in [5.41, 5.74) is 0. The Bertz CT molecular complexity index is 248. The molecule has 0 aliphatic carbocycles. The lowest BCUT2D eigenvalue weighted by molar-refractivity contribution is 0.143. The van der Waals surface area contributed by atoms with E-state index in [-0.39, 0.29) is 6.10 Å². The van der Waals surface area contributed by atoms with Crippen molar-refractivity contribution in [2.75, 3.05) is 6.54 Å². The van der Waals surface area contributed by atoms with Crippen molar-refractivity contribution in [3.8, 4) is 0 Å². The monoisotopic (exact) mass is 211 g/mol. The molecule has 2 unspecified atom stereocenters. The maximum absolute atomic E-state index is 9.71. The van der Waals surface area contributed by atoms with Gasteiger partial charge in [-0.2, -0.15) is 5.10 Å². The number of aliphatic hydroxyl groups excluding tert-OH is 1. The summed E-state index contributed by atoms with van der Waals surface area (Å²) in [7, 11) is 0. The van der Waals surface area contributed by atoms with Gasteiger partial charge in [0.2, 0.25) is 0 Å². The molecular formula is C11H21N3O. The highest BCUT2D eigenvalue weighted by atomic mass is 16.3. The number of nitrogens with one attached hydrogen (secondary N) is 1. The first-order valence-electron chi connectivity index (χ1n) is 5.61. The van der Waals surface area contributed by atoms with Gasteiger partial charge in [-0.15, -0.1) is 0 Å². The maximum Gasteiger partial charge on any atom is 0.0860 e. The van der Waals surface area contributed by atoms with Crippen molar-refractivity contribution in [2.24, 2.45) is 0 Å². The van der Waals surface area contributed by atoms with Crippen LogP contribution in [0.25, 0.3) is 0 Å². The van der Waals surface area contributed by atoms with Crippen LogP contribution in [-0.4, -0.2) is 33.6 Å². The Labute approximate surface area is 91.3 Å². The second-order valence-electron chi connectivity index (χ2n) is 3.98. The normalized spacial score (nSPS) is 15.1. The van der Waals surface area contributed by atoms with Gasteiger partial charge in [0.25, 0.3) is 0 Å². The maximum atomic E-state index is 9.71. The molecule has 0 radical (unpaired) electrons. The van der Waals surface area contributed by atoms with Crippen LogP contribution in [-0.2, 0) is 6.54 Å². The molecule has 1 aromatic rings. The molecule has 0 aliphatic rings. The summed E-state index contributed by atoms with van der Waals surface area (Å²) in [4.78, 5) is 0. The van der Waals surface area contributed by atoms with Gasteiger partial charge in [-0.25, -0.2) is 0 Å². The van der Waals surface area contributed by atoms with Crippen LogP contribution < -0.4 is 5.32 Å². The van der Waals surface area contributed by atoms with Crippen molar-refractivity contribution in [3.05, 3.63) is 18.5 Å². The average Bonchev–Trinajstić information content (AvgIpc) is 2.68. The third kappa shape index (κ3) is 4.95. The van der Waals surface area contributed by atoms with E-state index in [4.69, 9.17) is 0 Å². The summed E-state index contributed by atoms with van der Waals surface area (Å²) in [6.45, 7) is 5.49. The predicted octanol–water partition coefficient (Wildman–Crippen LogP) is 1.02. The highest BCUT2D eigenvalue weighted by Crippen LogP contribution is 1.96. The SMILES string of the molecule is CCCC(C)NCC(O)Cn1cccn1. The lowest BCUT2D eigenvalue weighted by atomic mass is 10.2. The highest BCUT2D eigenvalue weighted by Gasteiger charge is 2.07. The zero-order valence-corrected chi connectivity index (χ0v) is 9.56. The second-order valence-corrected chi connectivity index (χ2v) is 3.98. The van der Waals surface area contributed by atoms with Crippen molar-refractivity contribution >= 4 is 0 Å². The molecule has 0 fully saturated rings. The van der Waals surface area contributed by atoms with Crippen LogP contribution in [0, 0.1) is 0 Å². The fourth-order valence-corrected chi connectivity index (χ4v) is 1.56. The van der Waals surface area contributed by atoms with Crippen LogP contribution in [0.2, 0.25) is 0 Å². The Morgan fingerprint density at radius 3 is 2.93 bits per heavy atom. The van der Waals surface area contributed by atoms with Crippen LogP contribution >= 0.6 is 0 Å². The quantitative estimate of drug-likeness (QED) is 0.708. The third-order valence-corrected chi connectivity index (χ3v) is 2.38. The zero-order valence-electron chi connectivity index (χ0n) is 9.56. The Balaban J connectivity index is 2.16. The van der Waals surface area contributed by atoms with Crippen LogP contribution in [0.4, 0.5) is 0 Å². The summed E-state index contributed by atoms with van der Waals surface area (Å²) in [6.07, 6.45) is 5.53. The third-order valence-electron chi connectivity index (χ3n) is 2.38. The van der Waals surface area contributed by atoms with Crippen LogP contribution in [0.15, 0.2) is 18.5 Å². The average molecular weight is 211 g/mol. The molecule has 0 saturated heterocycles. The number of nitrogens with zero attached hydrogens (tertiary/aromatic N) is 2. The minimum absolute atomic E-state index is 0.371. The Morgan fingerprint density at radius 2 is 2.33 bits per heavy atom. The fraction of sp³-hybridized carbons (Fsp3) is 0.727. The van der Waals surface area contributed by atoms with E-state index in [1.54, 1.807) is 10.9 Å². The lowest BCUT2D eigenvalue weighted by Crippen LogP contribution is -2.35. The van der Waals surface area contributed by atoms with Crippen molar-refractivity contribution in [2.45, 2.75) is 45.4 Å². The van der Waals surface area contributed by atoms with E-state index < -0.39 is 0 Å². The summed E-state index contributed by atoms with van der Waals surface area (Å²) in [5.74, 6) is 0. The molecule has 0 saturated carbocycles. The van der Waals surface area contributed by atoms with Gasteiger partial charge in [0, 0.05) is 25.0 Å². The predicted molar refractivity (Wildman–Crippen MR) is 60.6 cm³/mol. The summed E-state index contributed by atoms with van der Waals surface area (Å²) < 4.78 is 1.75. The molecule has 2 atom stereocenters. The molecule has 0 spiro atoms. The molecule has 1 rings (SSSR count). The molecule has 2 N–H and O–H groups in total. The topological polar surface area (TPSA) is 50.1 Å². The van der Waals surface area contributed by atoms with Crippen molar-refractivity contribution in [1.82, 2.24) is 15.1 Å². The van der Waals surface area contributed by atoms with E-state index in [0.717, 1.165) is 6.42 Å². The van der Waals surface area contributed by atoms with Crippen molar-refractivity contribution in [3.63, 3.8) is 0 Å². The lowest BCUT2D eigenvalue weighted by Gasteiger charge is -2.16. The highest BCUT2D eigenvalue weighted by molar-refractivity contribution is 4.78. The largest absolute Gasteiger partial charge is 0.390 e. The minimum Gasteiger partial charge on any atom is -0.390 e. The molecule has 0 aliphatic heterocycles. The molecule has 1 heterocycles. The van der Waals surface area contributed by atoms with E-state index in [2.05, 4.69) is 24.3 Å². The molecule has 1 aromatic heterocycles. The van der Waals surface area contributed by atoms with Gasteiger partial charge in [-0.3, -0.25) is 4.68 Å². The standard InChI is InChI=1S/C11H21N3O/c1-3-5-10(2)12-8-11(15)9-14-7-4-6-13-14/h4,6-7,10-12,15H,3,5,8-9H2,1-2H3. The smallest absolute Gasteiger partial charge is 0.0860 e. The van der Waals surface area contributed by atoms with Gasteiger partial charge in [0.1, 0.15) is 0 Å². The first-order valence-corrected chi connectivity index (χ1v) is 5.61. The van der Waals surface area contributed by atoms with Crippen LogP contribution in [0.1, 0.15) is 26.7 Å². The minimum atomic E-state index is -0.371. The number of aromatic nitrogens is 2. The first kappa shape index (κ1) is 12.2. The van der Waals surface area contributed by atoms with Gasteiger partial charge in [-0.05, 0) is 19.4 Å². The molecule has 86 valence electrons. The van der Waals surface area contributed by atoms with E-state index >= 15 is 0 Å². The number of rotatable bonds is 7. The summed E-state index contributed by atoms with van der Waals surface area (Å²) in [6, 6.07) is 2.34. The van der Waals surface area contributed by atoms with E-state index in [1.807, 2.05) is 12.3 Å². The van der Waals surface area contributed by atoms with Gasteiger partial charge in [0.15, 0.2) is 0 Å². The molecular weight excluding hydrogens is 190 g/mol. The van der Waals surface area contributed by atoms with Crippen LogP contribution in [0.5, 0.6) is 0 Å². The zero-order chi connectivity index (χ0) is 11.1. The van der Waals surface area contributed by atoms with Gasteiger partial charge in [-0.1, -0.05) is 13.3 Å². The van der Waals surface area contributed by atoms with Gasteiger partial charge in [0.05, 0.1) is 12.6 Å². The summed E-state index contributed by atoms with van der Waals surface area (Å²) >= 11 is 0. The fourth-order valence-electron chi connectivity index (χ4n) is 1.56. The second kappa shape index (κ2) is 6.58. The molecule has 0 aromatic carbocycles. The first-order chi connectivity index (χ1) is 7.22. The summed E-state index contributed by atoms with van der Waals surface area (Å²) in [5, 5.41) is 17.1. The molecule has 0 amide bonds. The number of hydrogen-bond acceptors (Lipinski definition) is 3. The van der Waals surface area contributed by atoms with E-state index in [0.29, 0.717) is 19.1 Å². The molecule has 0 bridgehead atoms. The Hall–Kier alpha value is -0.870. The number of aliphatic hydroxyl groups is 1. The van der Waals surface area contributed by atoms with Gasteiger partial charge < -0.3 is 10.4 Å². The Kier molecular flexibility index (Phi) is 5.36. The van der Waals surface area contributed by atoms with Crippen LogP contribution in [0.3, 0.4) is 0 Å². The number of hydrogen-bond donors (Lipinski definition) is 2. The van der Waals surface area contributed by atoms with Crippen molar-refractivity contribution < 1.29 is 5.11 Å².